The van der Waals surface area contributed by atoms with Crippen molar-refractivity contribution in [3.63, 3.8) is 0 Å². The van der Waals surface area contributed by atoms with E-state index in [4.69, 9.17) is 4.74 Å². The summed E-state index contributed by atoms with van der Waals surface area (Å²) < 4.78 is 5.45. The Morgan fingerprint density at radius 2 is 1.52 bits per heavy atom. The number of hydrogen-bond donors (Lipinski definition) is 1. The zero-order chi connectivity index (χ0) is 23.4. The van der Waals surface area contributed by atoms with Crippen LogP contribution in [0.3, 0.4) is 0 Å². The van der Waals surface area contributed by atoms with Crippen LogP contribution in [0.2, 0.25) is 0 Å². The summed E-state index contributed by atoms with van der Waals surface area (Å²) >= 11 is 0. The van der Waals surface area contributed by atoms with Crippen LogP contribution in [0.5, 0.6) is 0 Å². The van der Waals surface area contributed by atoms with Crippen LogP contribution in [-0.4, -0.2) is 53.4 Å². The van der Waals surface area contributed by atoms with E-state index in [0.29, 0.717) is 5.56 Å². The first-order valence-electron chi connectivity index (χ1n) is 11.3. The molecule has 0 unspecified atom stereocenters. The lowest BCUT2D eigenvalue weighted by molar-refractivity contribution is 0.102. The van der Waals surface area contributed by atoms with Crippen molar-refractivity contribution in [1.82, 2.24) is 0 Å². The van der Waals surface area contributed by atoms with Gasteiger partial charge in [-0.05, 0) is 79.2 Å². The fourth-order valence-electron chi connectivity index (χ4n) is 4.07. The van der Waals surface area contributed by atoms with Crippen LogP contribution >= 0.6 is 0 Å². The Kier molecular flexibility index (Phi) is 6.84. The number of aryl methyl sites for hydroxylation is 1. The molecule has 0 aromatic heterocycles. The van der Waals surface area contributed by atoms with Crippen LogP contribution in [-0.2, 0) is 4.74 Å². The molecular formula is C27H32N4O2. The highest BCUT2D eigenvalue weighted by molar-refractivity contribution is 6.04. The highest BCUT2D eigenvalue weighted by Gasteiger charge is 2.13. The number of hydrogen-bond acceptors (Lipinski definition) is 5. The molecule has 1 amide bonds. The van der Waals surface area contributed by atoms with Gasteiger partial charge in [0.1, 0.15) is 0 Å². The van der Waals surface area contributed by atoms with E-state index >= 15 is 0 Å². The van der Waals surface area contributed by atoms with Gasteiger partial charge in [-0.25, -0.2) is 0 Å². The molecule has 0 aliphatic carbocycles. The van der Waals surface area contributed by atoms with Crippen molar-refractivity contribution in [2.24, 2.45) is 0 Å². The SMILES string of the molecule is Cc1cc(NC(=O)c2ccc(N(C)C)cc2)ccc1N(C)c1ccc(N2CCOCC2)cc1. The number of morpholine rings is 1. The largest absolute Gasteiger partial charge is 0.378 e. The zero-order valence-corrected chi connectivity index (χ0v) is 19.8. The lowest BCUT2D eigenvalue weighted by atomic mass is 10.1. The van der Waals surface area contributed by atoms with E-state index in [0.717, 1.165) is 54.6 Å². The molecule has 172 valence electrons. The van der Waals surface area contributed by atoms with E-state index in [1.165, 1.54) is 5.69 Å². The molecule has 0 spiro atoms. The molecule has 6 heteroatoms. The molecule has 0 bridgehead atoms. The van der Waals surface area contributed by atoms with E-state index in [1.807, 2.05) is 55.4 Å². The Morgan fingerprint density at radius 3 is 2.12 bits per heavy atom. The summed E-state index contributed by atoms with van der Waals surface area (Å²) in [5.41, 5.74) is 7.02. The Morgan fingerprint density at radius 1 is 0.879 bits per heavy atom. The van der Waals surface area contributed by atoms with Crippen LogP contribution < -0.4 is 20.0 Å². The van der Waals surface area contributed by atoms with Crippen LogP contribution in [0.1, 0.15) is 15.9 Å². The standard InChI is InChI=1S/C27H32N4O2/c1-20-19-22(28-27(32)21-5-8-23(9-6-21)29(2)3)7-14-26(20)30(4)24-10-12-25(13-11-24)31-15-17-33-18-16-31/h5-14,19H,15-18H2,1-4H3,(H,28,32). The molecule has 1 aliphatic rings. The summed E-state index contributed by atoms with van der Waals surface area (Å²) in [6.45, 7) is 5.49. The fraction of sp³-hybridized carbons (Fsp3) is 0.296. The van der Waals surface area contributed by atoms with Crippen LogP contribution in [0.4, 0.5) is 28.4 Å². The molecule has 3 aromatic carbocycles. The zero-order valence-electron chi connectivity index (χ0n) is 19.8. The Balaban J connectivity index is 1.43. The van der Waals surface area contributed by atoms with Gasteiger partial charge in [0.05, 0.1) is 13.2 Å². The van der Waals surface area contributed by atoms with E-state index in [1.54, 1.807) is 0 Å². The number of amides is 1. The summed E-state index contributed by atoms with van der Waals surface area (Å²) in [7, 11) is 6.03. The van der Waals surface area contributed by atoms with Gasteiger partial charge in [-0.15, -0.1) is 0 Å². The molecule has 6 nitrogen and oxygen atoms in total. The maximum atomic E-state index is 12.7. The average molecular weight is 445 g/mol. The van der Waals surface area contributed by atoms with Gasteiger partial charge in [0.15, 0.2) is 0 Å². The molecule has 0 atom stereocenters. The number of carbonyl (C=O) groups is 1. The topological polar surface area (TPSA) is 48.1 Å². The Labute approximate surface area is 196 Å². The van der Waals surface area contributed by atoms with Gasteiger partial charge >= 0.3 is 0 Å². The first-order valence-corrected chi connectivity index (χ1v) is 11.3. The van der Waals surface area contributed by atoms with E-state index in [9.17, 15) is 4.79 Å². The second kappa shape index (κ2) is 9.96. The van der Waals surface area contributed by atoms with Crippen LogP contribution in [0.25, 0.3) is 0 Å². The number of nitrogens with zero attached hydrogens (tertiary/aromatic N) is 3. The van der Waals surface area contributed by atoms with E-state index < -0.39 is 0 Å². The van der Waals surface area contributed by atoms with Crippen molar-refractivity contribution < 1.29 is 9.53 Å². The fourth-order valence-corrected chi connectivity index (χ4v) is 4.07. The second-order valence-corrected chi connectivity index (χ2v) is 8.57. The third kappa shape index (κ3) is 5.29. The summed E-state index contributed by atoms with van der Waals surface area (Å²) in [5, 5.41) is 3.01. The highest BCUT2D eigenvalue weighted by atomic mass is 16.5. The van der Waals surface area contributed by atoms with Gasteiger partial charge in [-0.3, -0.25) is 4.79 Å². The van der Waals surface area contributed by atoms with Crippen molar-refractivity contribution in [2.45, 2.75) is 6.92 Å². The maximum absolute atomic E-state index is 12.7. The normalized spacial score (nSPS) is 13.5. The van der Waals surface area contributed by atoms with Crippen LogP contribution in [0, 0.1) is 6.92 Å². The van der Waals surface area contributed by atoms with Crippen molar-refractivity contribution in [3.05, 3.63) is 77.9 Å². The molecular weight excluding hydrogens is 412 g/mol. The third-order valence-corrected chi connectivity index (χ3v) is 6.08. The van der Waals surface area contributed by atoms with Gasteiger partial charge < -0.3 is 24.8 Å². The lowest BCUT2D eigenvalue weighted by Crippen LogP contribution is -2.36. The van der Waals surface area contributed by atoms with Crippen LogP contribution in [0.15, 0.2) is 66.7 Å². The summed E-state index contributed by atoms with van der Waals surface area (Å²) in [6.07, 6.45) is 0. The third-order valence-electron chi connectivity index (χ3n) is 6.08. The minimum absolute atomic E-state index is 0.112. The van der Waals surface area contributed by atoms with Gasteiger partial charge in [0.25, 0.3) is 5.91 Å². The molecule has 1 saturated heterocycles. The summed E-state index contributed by atoms with van der Waals surface area (Å²) in [6, 6.07) is 22.2. The summed E-state index contributed by atoms with van der Waals surface area (Å²) in [4.78, 5) is 19.2. The molecule has 1 N–H and O–H groups in total. The lowest BCUT2D eigenvalue weighted by Gasteiger charge is -2.29. The second-order valence-electron chi connectivity index (χ2n) is 8.57. The number of ether oxygens (including phenoxy) is 1. The maximum Gasteiger partial charge on any atom is 0.255 e. The van der Waals surface area contributed by atoms with Crippen molar-refractivity contribution in [1.29, 1.82) is 0 Å². The predicted molar refractivity (Wildman–Crippen MR) is 137 cm³/mol. The number of rotatable bonds is 6. The van der Waals surface area contributed by atoms with Crippen molar-refractivity contribution >= 4 is 34.3 Å². The predicted octanol–water partition coefficient (Wildman–Crippen LogP) is 4.92. The molecule has 3 aromatic rings. The molecule has 4 rings (SSSR count). The van der Waals surface area contributed by atoms with E-state index in [2.05, 4.69) is 59.4 Å². The van der Waals surface area contributed by atoms with E-state index in [-0.39, 0.29) is 5.91 Å². The minimum Gasteiger partial charge on any atom is -0.378 e. The minimum atomic E-state index is -0.112. The van der Waals surface area contributed by atoms with Crippen molar-refractivity contribution in [2.75, 3.05) is 67.5 Å². The number of anilines is 5. The van der Waals surface area contributed by atoms with Gasteiger partial charge in [-0.1, -0.05) is 0 Å². The molecule has 1 aliphatic heterocycles. The van der Waals surface area contributed by atoms with Gasteiger partial charge in [-0.2, -0.15) is 0 Å². The Bertz CT molecular complexity index is 1090. The number of carbonyl (C=O) groups excluding carboxylic acids is 1. The smallest absolute Gasteiger partial charge is 0.255 e. The first kappa shape index (κ1) is 22.7. The quantitative estimate of drug-likeness (QED) is 0.585. The number of benzene rings is 3. The molecule has 1 fully saturated rings. The summed E-state index contributed by atoms with van der Waals surface area (Å²) in [5.74, 6) is -0.112. The first-order chi connectivity index (χ1) is 15.9. The Hall–Kier alpha value is -3.51. The van der Waals surface area contributed by atoms with Crippen molar-refractivity contribution in [3.8, 4) is 0 Å². The number of nitrogens with one attached hydrogen (secondary N) is 1. The average Bonchev–Trinajstić information content (AvgIpc) is 2.84. The van der Waals surface area contributed by atoms with Gasteiger partial charge in [0, 0.05) is 68.2 Å². The molecule has 1 heterocycles. The molecule has 0 saturated carbocycles. The molecule has 33 heavy (non-hydrogen) atoms. The highest BCUT2D eigenvalue weighted by Crippen LogP contribution is 2.30. The molecule has 0 radical (unpaired) electrons. The van der Waals surface area contributed by atoms with Gasteiger partial charge in [0.2, 0.25) is 0 Å². The monoisotopic (exact) mass is 444 g/mol.